The molecule has 2 rings (SSSR count). The van der Waals surface area contributed by atoms with Crippen LogP contribution in [0, 0.1) is 5.82 Å². The fraction of sp³-hybridized carbons (Fsp3) is 0.364. The number of halogens is 2. The molecule has 4 nitrogen and oxygen atoms in total. The van der Waals surface area contributed by atoms with Crippen molar-refractivity contribution in [2.75, 3.05) is 12.3 Å². The predicted molar refractivity (Wildman–Crippen MR) is 60.6 cm³/mol. The van der Waals surface area contributed by atoms with Gasteiger partial charge in [-0.3, -0.25) is 0 Å². The summed E-state index contributed by atoms with van der Waals surface area (Å²) < 4.78 is 32.4. The first kappa shape index (κ1) is 11.6. The Bertz CT molecular complexity index is 478. The van der Waals surface area contributed by atoms with Gasteiger partial charge in [-0.2, -0.15) is 0 Å². The molecule has 0 amide bonds. The lowest BCUT2D eigenvalue weighted by molar-refractivity contribution is 0.0923. The molecular formula is C11H13F2N3O. The standard InChI is InChI=1S/C11H13F2N3O/c1-11(9(13)5-17-10(15)16-11)7-4-6(14)2-3-8(7)12/h2-4,9H,5,14H2,1H3,(H2,15,16)/t9-,11+/m0/s1. The van der Waals surface area contributed by atoms with Crippen LogP contribution in [0.3, 0.4) is 0 Å². The van der Waals surface area contributed by atoms with Crippen LogP contribution >= 0.6 is 0 Å². The summed E-state index contributed by atoms with van der Waals surface area (Å²) in [6.45, 7) is 1.21. The number of nitrogen functional groups attached to an aromatic ring is 1. The lowest BCUT2D eigenvalue weighted by atomic mass is 9.87. The van der Waals surface area contributed by atoms with E-state index in [0.717, 1.165) is 0 Å². The Morgan fingerprint density at radius 1 is 1.47 bits per heavy atom. The van der Waals surface area contributed by atoms with Crippen LogP contribution in [0.1, 0.15) is 12.5 Å². The molecule has 0 aromatic heterocycles. The second kappa shape index (κ2) is 3.87. The highest BCUT2D eigenvalue weighted by molar-refractivity contribution is 5.73. The normalized spacial score (nSPS) is 28.4. The lowest BCUT2D eigenvalue weighted by Gasteiger charge is -2.33. The molecule has 0 fully saturated rings. The minimum atomic E-state index is -1.48. The minimum absolute atomic E-state index is 0.0799. The monoisotopic (exact) mass is 241 g/mol. The number of aliphatic imine (C=N–C) groups is 1. The van der Waals surface area contributed by atoms with Crippen LogP contribution in [0.2, 0.25) is 0 Å². The van der Waals surface area contributed by atoms with Crippen molar-refractivity contribution in [1.29, 1.82) is 0 Å². The van der Waals surface area contributed by atoms with Crippen LogP contribution in [-0.4, -0.2) is 18.8 Å². The minimum Gasteiger partial charge on any atom is -0.462 e. The van der Waals surface area contributed by atoms with Crippen molar-refractivity contribution in [3.63, 3.8) is 0 Å². The molecule has 0 bridgehead atoms. The lowest BCUT2D eigenvalue weighted by Crippen LogP contribution is -2.43. The molecule has 0 spiro atoms. The number of nitrogens with zero attached hydrogens (tertiary/aromatic N) is 1. The molecule has 1 heterocycles. The highest BCUT2D eigenvalue weighted by Gasteiger charge is 2.42. The molecule has 1 aromatic carbocycles. The van der Waals surface area contributed by atoms with Gasteiger partial charge in [0.25, 0.3) is 6.02 Å². The van der Waals surface area contributed by atoms with E-state index in [0.29, 0.717) is 5.69 Å². The van der Waals surface area contributed by atoms with Gasteiger partial charge in [0.1, 0.15) is 18.0 Å². The molecular weight excluding hydrogens is 228 g/mol. The number of hydrogen-bond acceptors (Lipinski definition) is 4. The van der Waals surface area contributed by atoms with Gasteiger partial charge >= 0.3 is 0 Å². The third-order valence-electron chi connectivity index (χ3n) is 2.87. The summed E-state index contributed by atoms with van der Waals surface area (Å²) in [5.74, 6) is -0.567. The highest BCUT2D eigenvalue weighted by Crippen LogP contribution is 2.36. The smallest absolute Gasteiger partial charge is 0.283 e. The number of amidine groups is 1. The molecule has 0 saturated heterocycles. The van der Waals surface area contributed by atoms with Crippen LogP contribution in [0.5, 0.6) is 0 Å². The zero-order chi connectivity index (χ0) is 12.6. The number of ether oxygens (including phenoxy) is 1. The van der Waals surface area contributed by atoms with Crippen molar-refractivity contribution in [2.24, 2.45) is 10.7 Å². The molecule has 17 heavy (non-hydrogen) atoms. The third-order valence-corrected chi connectivity index (χ3v) is 2.87. The van der Waals surface area contributed by atoms with Crippen molar-refractivity contribution in [3.8, 4) is 0 Å². The Labute approximate surface area is 97.3 Å². The largest absolute Gasteiger partial charge is 0.462 e. The van der Waals surface area contributed by atoms with Crippen LogP contribution in [0.25, 0.3) is 0 Å². The van der Waals surface area contributed by atoms with Crippen LogP contribution in [0.15, 0.2) is 23.2 Å². The fourth-order valence-electron chi connectivity index (χ4n) is 1.81. The van der Waals surface area contributed by atoms with Gasteiger partial charge in [0.15, 0.2) is 6.17 Å². The van der Waals surface area contributed by atoms with E-state index in [2.05, 4.69) is 4.99 Å². The number of nitrogens with two attached hydrogens (primary N) is 2. The maximum absolute atomic E-state index is 13.9. The van der Waals surface area contributed by atoms with E-state index in [-0.39, 0.29) is 18.2 Å². The summed E-state index contributed by atoms with van der Waals surface area (Å²) >= 11 is 0. The number of anilines is 1. The molecule has 4 N–H and O–H groups in total. The number of alkyl halides is 1. The van der Waals surface area contributed by atoms with Gasteiger partial charge in [0.05, 0.1) is 0 Å². The maximum atomic E-state index is 13.9. The Balaban J connectivity index is 2.56. The van der Waals surface area contributed by atoms with Gasteiger partial charge < -0.3 is 16.2 Å². The SMILES string of the molecule is C[C@]1(c2cc(N)ccc2F)N=C(N)OC[C@@H]1F. The molecule has 1 aliphatic heterocycles. The third kappa shape index (κ3) is 1.90. The van der Waals surface area contributed by atoms with Gasteiger partial charge in [-0.25, -0.2) is 13.8 Å². The van der Waals surface area contributed by atoms with Gasteiger partial charge in [-0.05, 0) is 25.1 Å². The van der Waals surface area contributed by atoms with Gasteiger partial charge in [-0.1, -0.05) is 0 Å². The van der Waals surface area contributed by atoms with Gasteiger partial charge in [0.2, 0.25) is 0 Å². The first-order chi connectivity index (χ1) is 7.93. The molecule has 1 aromatic rings. The first-order valence-corrected chi connectivity index (χ1v) is 5.11. The summed E-state index contributed by atoms with van der Waals surface area (Å²) in [4.78, 5) is 3.87. The van der Waals surface area contributed by atoms with E-state index >= 15 is 0 Å². The van der Waals surface area contributed by atoms with Gasteiger partial charge in [0, 0.05) is 11.3 Å². The zero-order valence-electron chi connectivity index (χ0n) is 9.28. The summed E-state index contributed by atoms with van der Waals surface area (Å²) in [5, 5.41) is 0. The highest BCUT2D eigenvalue weighted by atomic mass is 19.1. The van der Waals surface area contributed by atoms with Crippen LogP contribution < -0.4 is 11.5 Å². The van der Waals surface area contributed by atoms with Crippen molar-refractivity contribution in [2.45, 2.75) is 18.6 Å². The van der Waals surface area contributed by atoms with Gasteiger partial charge in [-0.15, -0.1) is 0 Å². The quantitative estimate of drug-likeness (QED) is 0.728. The van der Waals surface area contributed by atoms with Crippen molar-refractivity contribution in [3.05, 3.63) is 29.6 Å². The summed E-state index contributed by atoms with van der Waals surface area (Å²) in [6.07, 6.45) is -1.48. The topological polar surface area (TPSA) is 73.6 Å². The zero-order valence-corrected chi connectivity index (χ0v) is 9.28. The fourth-order valence-corrected chi connectivity index (χ4v) is 1.81. The number of hydrogen-bond donors (Lipinski definition) is 2. The molecule has 2 atom stereocenters. The summed E-state index contributed by atoms with van der Waals surface area (Å²) in [5.41, 5.74) is 10.0. The second-order valence-electron chi connectivity index (χ2n) is 4.12. The Morgan fingerprint density at radius 3 is 2.88 bits per heavy atom. The molecule has 0 unspecified atom stereocenters. The van der Waals surface area contributed by atoms with E-state index in [1.54, 1.807) is 0 Å². The van der Waals surface area contributed by atoms with E-state index in [4.69, 9.17) is 16.2 Å². The summed E-state index contributed by atoms with van der Waals surface area (Å²) in [7, 11) is 0. The van der Waals surface area contributed by atoms with Crippen molar-refractivity contribution >= 4 is 11.7 Å². The number of rotatable bonds is 1. The van der Waals surface area contributed by atoms with Crippen molar-refractivity contribution < 1.29 is 13.5 Å². The number of benzene rings is 1. The Kier molecular flexibility index (Phi) is 2.65. The maximum Gasteiger partial charge on any atom is 0.283 e. The average Bonchev–Trinajstić information content (AvgIpc) is 2.27. The molecule has 1 aliphatic rings. The Hall–Kier alpha value is -1.85. The molecule has 0 aliphatic carbocycles. The predicted octanol–water partition coefficient (Wildman–Crippen LogP) is 1.31. The van der Waals surface area contributed by atoms with Crippen LogP contribution in [0.4, 0.5) is 14.5 Å². The van der Waals surface area contributed by atoms with Crippen molar-refractivity contribution in [1.82, 2.24) is 0 Å². The van der Waals surface area contributed by atoms with E-state index in [1.807, 2.05) is 0 Å². The van der Waals surface area contributed by atoms with E-state index in [1.165, 1.54) is 25.1 Å². The molecule has 6 heteroatoms. The first-order valence-electron chi connectivity index (χ1n) is 5.11. The average molecular weight is 241 g/mol. The van der Waals surface area contributed by atoms with E-state index < -0.39 is 17.5 Å². The molecule has 0 radical (unpaired) electrons. The second-order valence-corrected chi connectivity index (χ2v) is 4.12. The van der Waals surface area contributed by atoms with E-state index in [9.17, 15) is 8.78 Å². The Morgan fingerprint density at radius 2 is 2.18 bits per heavy atom. The molecule has 0 saturated carbocycles. The molecule has 92 valence electrons. The van der Waals surface area contributed by atoms with Crippen LogP contribution in [-0.2, 0) is 10.3 Å². The summed E-state index contributed by atoms with van der Waals surface area (Å²) in [6, 6.07) is 3.80.